The molecule has 0 unspecified atom stereocenters. The van der Waals surface area contributed by atoms with Gasteiger partial charge in [0.05, 0.1) is 11.0 Å². The number of halogens is 1. The Morgan fingerprint density at radius 3 is 2.21 bits per heavy atom. The molecule has 0 saturated carbocycles. The van der Waals surface area contributed by atoms with Gasteiger partial charge in [0, 0.05) is 5.02 Å². The number of fused-ring (bicyclic) bond motifs is 1. The first-order valence-corrected chi connectivity index (χ1v) is 5.33. The van der Waals surface area contributed by atoms with E-state index in [4.69, 9.17) is 23.8 Å². The average molecular weight is 229 g/mol. The lowest BCUT2D eigenvalue weighted by atomic mass is 10.2. The Hall–Kier alpha value is -0.800. The highest BCUT2D eigenvalue weighted by atomic mass is 35.5. The molecule has 76 valence electrons. The Balaban J connectivity index is 0.000000461. The van der Waals surface area contributed by atoms with Gasteiger partial charge < -0.3 is 9.97 Å². The molecule has 2 N–H and O–H groups in total. The minimum atomic E-state index is 0.631. The molecule has 0 saturated heterocycles. The van der Waals surface area contributed by atoms with Crippen molar-refractivity contribution in [2.45, 2.75) is 20.8 Å². The van der Waals surface area contributed by atoms with E-state index in [0.717, 1.165) is 21.6 Å². The minimum Gasteiger partial charge on any atom is -0.331 e. The molecular formula is C10H13ClN2S. The van der Waals surface area contributed by atoms with Gasteiger partial charge in [-0.05, 0) is 36.8 Å². The van der Waals surface area contributed by atoms with E-state index in [-0.39, 0.29) is 0 Å². The third-order valence-electron chi connectivity index (χ3n) is 1.80. The van der Waals surface area contributed by atoms with Crippen molar-refractivity contribution in [2.24, 2.45) is 0 Å². The lowest BCUT2D eigenvalue weighted by Crippen LogP contribution is -1.75. The van der Waals surface area contributed by atoms with Gasteiger partial charge in [0.1, 0.15) is 0 Å². The van der Waals surface area contributed by atoms with E-state index < -0.39 is 0 Å². The molecule has 1 aromatic carbocycles. The van der Waals surface area contributed by atoms with Crippen molar-refractivity contribution in [1.82, 2.24) is 9.97 Å². The highest BCUT2D eigenvalue weighted by Gasteiger charge is 1.99. The largest absolute Gasteiger partial charge is 0.331 e. The smallest absolute Gasteiger partial charge is 0.175 e. The zero-order valence-corrected chi connectivity index (χ0v) is 10.0. The average Bonchev–Trinajstić information content (AvgIpc) is 2.49. The molecule has 1 aromatic heterocycles. The number of hydrogen-bond donors (Lipinski definition) is 2. The van der Waals surface area contributed by atoms with E-state index in [1.54, 1.807) is 0 Å². The van der Waals surface area contributed by atoms with Gasteiger partial charge in [-0.3, -0.25) is 0 Å². The summed E-state index contributed by atoms with van der Waals surface area (Å²) in [7, 11) is 0. The van der Waals surface area contributed by atoms with Crippen LogP contribution in [0.1, 0.15) is 19.4 Å². The molecular weight excluding hydrogens is 216 g/mol. The first-order valence-electron chi connectivity index (χ1n) is 4.55. The number of nitrogens with one attached hydrogen (secondary N) is 2. The Morgan fingerprint density at radius 2 is 1.64 bits per heavy atom. The molecule has 0 atom stereocenters. The maximum Gasteiger partial charge on any atom is 0.175 e. The van der Waals surface area contributed by atoms with Gasteiger partial charge in [0.15, 0.2) is 4.77 Å². The monoisotopic (exact) mass is 228 g/mol. The molecule has 1 heterocycles. The summed E-state index contributed by atoms with van der Waals surface area (Å²) in [4.78, 5) is 6.03. The van der Waals surface area contributed by atoms with Crippen LogP contribution < -0.4 is 0 Å². The van der Waals surface area contributed by atoms with Crippen LogP contribution in [-0.4, -0.2) is 9.97 Å². The predicted octanol–water partition coefficient (Wildman–Crippen LogP) is 4.21. The van der Waals surface area contributed by atoms with Crippen molar-refractivity contribution in [3.8, 4) is 0 Å². The molecule has 0 spiro atoms. The summed E-state index contributed by atoms with van der Waals surface area (Å²) in [5.74, 6) is 0. The number of H-pyrrole nitrogens is 2. The molecule has 14 heavy (non-hydrogen) atoms. The lowest BCUT2D eigenvalue weighted by molar-refractivity contribution is 1.30. The van der Waals surface area contributed by atoms with E-state index in [2.05, 4.69) is 9.97 Å². The topological polar surface area (TPSA) is 31.6 Å². The predicted molar refractivity (Wildman–Crippen MR) is 64.6 cm³/mol. The van der Waals surface area contributed by atoms with Gasteiger partial charge in [0.25, 0.3) is 0 Å². The van der Waals surface area contributed by atoms with Gasteiger partial charge in [-0.2, -0.15) is 0 Å². The van der Waals surface area contributed by atoms with Crippen molar-refractivity contribution in [3.63, 3.8) is 0 Å². The molecule has 0 aliphatic rings. The first kappa shape index (κ1) is 11.3. The Kier molecular flexibility index (Phi) is 3.72. The van der Waals surface area contributed by atoms with Crippen LogP contribution in [0.25, 0.3) is 11.0 Å². The van der Waals surface area contributed by atoms with Gasteiger partial charge in [-0.25, -0.2) is 0 Å². The van der Waals surface area contributed by atoms with E-state index in [0.29, 0.717) is 4.77 Å². The standard InChI is InChI=1S/C8H7ClN2S.C2H6/c1-4-2-6-7(3-5(4)9)11-8(12)10-6;1-2/h2-3H,1H3,(H2,10,11,12);1-2H3. The lowest BCUT2D eigenvalue weighted by Gasteiger charge is -1.95. The van der Waals surface area contributed by atoms with Crippen molar-refractivity contribution in [3.05, 3.63) is 27.5 Å². The van der Waals surface area contributed by atoms with Crippen LogP contribution in [0.5, 0.6) is 0 Å². The van der Waals surface area contributed by atoms with Crippen LogP contribution in [0.3, 0.4) is 0 Å². The zero-order chi connectivity index (χ0) is 10.7. The second-order valence-electron chi connectivity index (χ2n) is 2.73. The second-order valence-corrected chi connectivity index (χ2v) is 3.54. The Labute approximate surface area is 93.3 Å². The van der Waals surface area contributed by atoms with Crippen LogP contribution in [0.15, 0.2) is 12.1 Å². The van der Waals surface area contributed by atoms with E-state index >= 15 is 0 Å². The molecule has 0 fully saturated rings. The van der Waals surface area contributed by atoms with Crippen LogP contribution in [-0.2, 0) is 0 Å². The molecule has 2 rings (SSSR count). The molecule has 2 nitrogen and oxygen atoms in total. The number of rotatable bonds is 0. The molecule has 0 aliphatic heterocycles. The maximum atomic E-state index is 5.93. The van der Waals surface area contributed by atoms with Crippen molar-refractivity contribution >= 4 is 34.9 Å². The van der Waals surface area contributed by atoms with Gasteiger partial charge in [-0.15, -0.1) is 0 Å². The fourth-order valence-corrected chi connectivity index (χ4v) is 1.55. The summed E-state index contributed by atoms with van der Waals surface area (Å²) in [6.07, 6.45) is 0. The number of benzene rings is 1. The van der Waals surface area contributed by atoms with Gasteiger partial charge in [-0.1, -0.05) is 25.4 Å². The first-order chi connectivity index (χ1) is 6.66. The summed E-state index contributed by atoms with van der Waals surface area (Å²) in [5, 5.41) is 0.757. The highest BCUT2D eigenvalue weighted by Crippen LogP contribution is 2.20. The molecule has 4 heteroatoms. The van der Waals surface area contributed by atoms with Crippen LogP contribution in [0, 0.1) is 11.7 Å². The highest BCUT2D eigenvalue weighted by molar-refractivity contribution is 7.71. The summed E-state index contributed by atoms with van der Waals surface area (Å²) in [5.41, 5.74) is 3.01. The van der Waals surface area contributed by atoms with E-state index in [1.165, 1.54) is 0 Å². The summed E-state index contributed by atoms with van der Waals surface area (Å²) >= 11 is 10.9. The third kappa shape index (κ3) is 2.16. The number of aryl methyl sites for hydroxylation is 1. The number of aromatic amines is 2. The molecule has 0 aliphatic carbocycles. The molecule has 2 aromatic rings. The Bertz CT molecular complexity index is 442. The van der Waals surface area contributed by atoms with Crippen molar-refractivity contribution in [2.75, 3.05) is 0 Å². The summed E-state index contributed by atoms with van der Waals surface area (Å²) in [6.45, 7) is 5.96. The quantitative estimate of drug-likeness (QED) is 0.651. The van der Waals surface area contributed by atoms with Crippen LogP contribution in [0.4, 0.5) is 0 Å². The summed E-state index contributed by atoms with van der Waals surface area (Å²) < 4.78 is 0.631. The van der Waals surface area contributed by atoms with Crippen molar-refractivity contribution < 1.29 is 0 Å². The molecule has 0 amide bonds. The second kappa shape index (κ2) is 4.62. The number of hydrogen-bond acceptors (Lipinski definition) is 1. The normalized spacial score (nSPS) is 9.71. The zero-order valence-electron chi connectivity index (χ0n) is 8.44. The van der Waals surface area contributed by atoms with Crippen LogP contribution in [0.2, 0.25) is 5.02 Å². The van der Waals surface area contributed by atoms with Crippen molar-refractivity contribution in [1.29, 1.82) is 0 Å². The summed E-state index contributed by atoms with van der Waals surface area (Å²) in [6, 6.07) is 3.85. The fraction of sp³-hybridized carbons (Fsp3) is 0.300. The Morgan fingerprint density at radius 1 is 1.14 bits per heavy atom. The fourth-order valence-electron chi connectivity index (χ4n) is 1.16. The van der Waals surface area contributed by atoms with E-state index in [9.17, 15) is 0 Å². The third-order valence-corrected chi connectivity index (χ3v) is 2.41. The van der Waals surface area contributed by atoms with Crippen LogP contribution >= 0.6 is 23.8 Å². The van der Waals surface area contributed by atoms with Gasteiger partial charge in [0.2, 0.25) is 0 Å². The molecule has 0 bridgehead atoms. The molecule has 0 radical (unpaired) electrons. The number of aromatic nitrogens is 2. The number of imidazole rings is 1. The van der Waals surface area contributed by atoms with Gasteiger partial charge >= 0.3 is 0 Å². The van der Waals surface area contributed by atoms with E-state index in [1.807, 2.05) is 32.9 Å². The maximum absolute atomic E-state index is 5.93. The SMILES string of the molecule is CC.Cc1cc2[nH]c(=S)[nH]c2cc1Cl. The minimum absolute atomic E-state index is 0.631.